The number of hydrogen-bond acceptors (Lipinski definition) is 3. The summed E-state index contributed by atoms with van der Waals surface area (Å²) in [4.78, 5) is 8.21. The molecule has 0 amide bonds. The molecular weight excluding hydrogens is 144 g/mol. The van der Waals surface area contributed by atoms with Gasteiger partial charge in [0.25, 0.3) is 0 Å². The van der Waals surface area contributed by atoms with E-state index in [0.29, 0.717) is 0 Å². The van der Waals surface area contributed by atoms with Gasteiger partial charge in [0, 0.05) is 6.20 Å². The third kappa shape index (κ3) is 0.789. The fraction of sp³-hybridized carbons (Fsp3) is 0.143. The lowest BCUT2D eigenvalue weighted by molar-refractivity contribution is 1.29. The quantitative estimate of drug-likeness (QED) is 0.574. The number of thiazole rings is 1. The van der Waals surface area contributed by atoms with Crippen LogP contribution in [0.25, 0.3) is 10.3 Å². The molecule has 2 rings (SSSR count). The number of pyridine rings is 1. The first-order valence-electron chi connectivity index (χ1n) is 3.02. The molecule has 0 saturated carbocycles. The van der Waals surface area contributed by atoms with Gasteiger partial charge in [-0.2, -0.15) is 0 Å². The van der Waals surface area contributed by atoms with Crippen LogP contribution in [0.5, 0.6) is 0 Å². The van der Waals surface area contributed by atoms with Crippen molar-refractivity contribution in [1.82, 2.24) is 9.97 Å². The predicted octanol–water partition coefficient (Wildman–Crippen LogP) is 2.00. The molecule has 0 saturated heterocycles. The third-order valence-corrected chi connectivity index (χ3v) is 2.09. The van der Waals surface area contributed by atoms with Gasteiger partial charge in [0.15, 0.2) is 5.65 Å². The molecule has 2 heterocycles. The van der Waals surface area contributed by atoms with Crippen LogP contribution in [0.4, 0.5) is 0 Å². The summed E-state index contributed by atoms with van der Waals surface area (Å²) in [5.74, 6) is 0. The molecule has 0 atom stereocenters. The van der Waals surface area contributed by atoms with Gasteiger partial charge < -0.3 is 0 Å². The van der Waals surface area contributed by atoms with Gasteiger partial charge in [0.2, 0.25) is 0 Å². The van der Waals surface area contributed by atoms with Crippen LogP contribution < -0.4 is 0 Å². The van der Waals surface area contributed by atoms with E-state index in [1.54, 1.807) is 11.3 Å². The fourth-order valence-corrected chi connectivity index (χ4v) is 1.58. The SMILES string of the molecule is Cc1cnc2ncsc2c1. The predicted molar refractivity (Wildman–Crippen MR) is 42.2 cm³/mol. The Kier molecular flexibility index (Phi) is 1.17. The van der Waals surface area contributed by atoms with Gasteiger partial charge in [-0.05, 0) is 18.6 Å². The molecule has 0 unspecified atom stereocenters. The van der Waals surface area contributed by atoms with Crippen molar-refractivity contribution in [2.45, 2.75) is 6.92 Å². The van der Waals surface area contributed by atoms with Crippen molar-refractivity contribution in [3.8, 4) is 0 Å². The summed E-state index contributed by atoms with van der Waals surface area (Å²) in [5.41, 5.74) is 3.87. The second kappa shape index (κ2) is 2.02. The molecule has 0 aliphatic heterocycles. The van der Waals surface area contributed by atoms with Crippen molar-refractivity contribution < 1.29 is 0 Å². The van der Waals surface area contributed by atoms with Crippen LogP contribution in [0.3, 0.4) is 0 Å². The Labute approximate surface area is 62.6 Å². The highest BCUT2D eigenvalue weighted by atomic mass is 32.1. The Morgan fingerprint density at radius 1 is 1.40 bits per heavy atom. The van der Waals surface area contributed by atoms with Gasteiger partial charge >= 0.3 is 0 Å². The fourth-order valence-electron chi connectivity index (χ4n) is 0.852. The number of rotatable bonds is 0. The number of aromatic nitrogens is 2. The lowest BCUT2D eigenvalue weighted by atomic mass is 10.3. The molecule has 2 aromatic rings. The van der Waals surface area contributed by atoms with Gasteiger partial charge in [0.1, 0.15) is 0 Å². The maximum Gasteiger partial charge on any atom is 0.170 e. The minimum absolute atomic E-state index is 0.857. The van der Waals surface area contributed by atoms with E-state index < -0.39 is 0 Å². The molecule has 0 N–H and O–H groups in total. The van der Waals surface area contributed by atoms with Gasteiger partial charge in [-0.1, -0.05) is 0 Å². The highest BCUT2D eigenvalue weighted by Gasteiger charge is 1.95. The van der Waals surface area contributed by atoms with E-state index in [-0.39, 0.29) is 0 Å². The third-order valence-electron chi connectivity index (χ3n) is 1.32. The summed E-state index contributed by atoms with van der Waals surface area (Å²) in [6.45, 7) is 2.03. The van der Waals surface area contributed by atoms with Crippen molar-refractivity contribution in [2.24, 2.45) is 0 Å². The lowest BCUT2D eigenvalue weighted by Crippen LogP contribution is -1.76. The number of aryl methyl sites for hydroxylation is 1. The monoisotopic (exact) mass is 150 g/mol. The Morgan fingerprint density at radius 2 is 2.30 bits per heavy atom. The van der Waals surface area contributed by atoms with Gasteiger partial charge in [-0.15, -0.1) is 11.3 Å². The van der Waals surface area contributed by atoms with Crippen LogP contribution in [-0.4, -0.2) is 9.97 Å². The second-order valence-electron chi connectivity index (χ2n) is 2.19. The first-order valence-corrected chi connectivity index (χ1v) is 3.90. The number of hydrogen-bond donors (Lipinski definition) is 0. The smallest absolute Gasteiger partial charge is 0.170 e. The van der Waals surface area contributed by atoms with Crippen molar-refractivity contribution in [3.05, 3.63) is 23.3 Å². The van der Waals surface area contributed by atoms with Crippen molar-refractivity contribution in [2.75, 3.05) is 0 Å². The van der Waals surface area contributed by atoms with Gasteiger partial charge in [-0.3, -0.25) is 0 Å². The van der Waals surface area contributed by atoms with Crippen molar-refractivity contribution >= 4 is 21.7 Å². The Morgan fingerprint density at radius 3 is 3.20 bits per heavy atom. The van der Waals surface area contributed by atoms with Gasteiger partial charge in [-0.25, -0.2) is 9.97 Å². The lowest BCUT2D eigenvalue weighted by Gasteiger charge is -1.87. The van der Waals surface area contributed by atoms with E-state index in [0.717, 1.165) is 5.65 Å². The van der Waals surface area contributed by atoms with Crippen LogP contribution >= 0.6 is 11.3 Å². The topological polar surface area (TPSA) is 25.8 Å². The summed E-state index contributed by atoms with van der Waals surface area (Å²) in [5, 5.41) is 0. The second-order valence-corrected chi connectivity index (χ2v) is 3.07. The molecule has 0 fully saturated rings. The van der Waals surface area contributed by atoms with Crippen LogP contribution in [0.1, 0.15) is 5.56 Å². The normalized spacial score (nSPS) is 10.5. The zero-order valence-electron chi connectivity index (χ0n) is 5.53. The first kappa shape index (κ1) is 5.80. The maximum absolute atomic E-state index is 4.14. The summed E-state index contributed by atoms with van der Waals surface area (Å²) in [6.07, 6.45) is 1.84. The van der Waals surface area contributed by atoms with E-state index >= 15 is 0 Å². The van der Waals surface area contributed by atoms with Gasteiger partial charge in [0.05, 0.1) is 10.2 Å². The number of nitrogens with zero attached hydrogens (tertiary/aromatic N) is 2. The molecule has 0 aromatic carbocycles. The highest BCUT2D eigenvalue weighted by Crippen LogP contribution is 2.15. The zero-order valence-corrected chi connectivity index (χ0v) is 6.35. The molecule has 2 nitrogen and oxygen atoms in total. The molecule has 0 spiro atoms. The van der Waals surface area contributed by atoms with Crippen LogP contribution in [0.2, 0.25) is 0 Å². The maximum atomic E-state index is 4.14. The molecule has 50 valence electrons. The minimum Gasteiger partial charge on any atom is -0.236 e. The Hall–Kier alpha value is -0.960. The summed E-state index contributed by atoms with van der Waals surface area (Å²) in [7, 11) is 0. The Balaban J connectivity index is 2.86. The van der Waals surface area contributed by atoms with E-state index in [4.69, 9.17) is 0 Å². The standard InChI is InChI=1S/C7H6N2S/c1-5-2-6-7(8-3-5)9-4-10-6/h2-4H,1H3. The molecule has 0 aliphatic rings. The van der Waals surface area contributed by atoms with Crippen LogP contribution in [0.15, 0.2) is 17.8 Å². The average Bonchev–Trinajstić information content (AvgIpc) is 2.33. The van der Waals surface area contributed by atoms with Crippen LogP contribution in [0, 0.1) is 6.92 Å². The summed E-state index contributed by atoms with van der Waals surface area (Å²) < 4.78 is 1.17. The number of fused-ring (bicyclic) bond motifs is 1. The first-order chi connectivity index (χ1) is 4.86. The van der Waals surface area contributed by atoms with Crippen LogP contribution in [-0.2, 0) is 0 Å². The average molecular weight is 150 g/mol. The molecule has 0 bridgehead atoms. The molecule has 0 aliphatic carbocycles. The molecule has 2 aromatic heterocycles. The van der Waals surface area contributed by atoms with Crippen molar-refractivity contribution in [1.29, 1.82) is 0 Å². The summed E-state index contributed by atoms with van der Waals surface area (Å²) in [6, 6.07) is 2.10. The molecule has 0 radical (unpaired) electrons. The minimum atomic E-state index is 0.857. The highest BCUT2D eigenvalue weighted by molar-refractivity contribution is 7.16. The van der Waals surface area contributed by atoms with E-state index in [1.165, 1.54) is 10.3 Å². The molecule has 3 heteroatoms. The van der Waals surface area contributed by atoms with E-state index in [9.17, 15) is 0 Å². The van der Waals surface area contributed by atoms with E-state index in [2.05, 4.69) is 16.0 Å². The zero-order chi connectivity index (χ0) is 6.97. The van der Waals surface area contributed by atoms with Crippen molar-refractivity contribution in [3.63, 3.8) is 0 Å². The largest absolute Gasteiger partial charge is 0.236 e. The molecule has 10 heavy (non-hydrogen) atoms. The Bertz CT molecular complexity index is 353. The summed E-state index contributed by atoms with van der Waals surface area (Å²) >= 11 is 1.63. The van der Waals surface area contributed by atoms with E-state index in [1.807, 2.05) is 18.6 Å². The molecular formula is C7H6N2S.